The number of benzene rings is 1. The van der Waals surface area contributed by atoms with E-state index < -0.39 is 30.3 Å². The van der Waals surface area contributed by atoms with Crippen molar-refractivity contribution in [3.8, 4) is 5.75 Å². The van der Waals surface area contributed by atoms with Gasteiger partial charge in [-0.2, -0.15) is 0 Å². The molecule has 0 aliphatic carbocycles. The van der Waals surface area contributed by atoms with Crippen LogP contribution in [0.1, 0.15) is 121 Å². The van der Waals surface area contributed by atoms with Gasteiger partial charge in [0.25, 0.3) is 5.91 Å². The maximum absolute atomic E-state index is 12.5. The lowest BCUT2D eigenvalue weighted by atomic mass is 10.0. The quantitative estimate of drug-likeness (QED) is 0.149. The molecule has 0 aliphatic heterocycles. The molecule has 3 N–H and O–H groups in total. The van der Waals surface area contributed by atoms with Gasteiger partial charge in [-0.1, -0.05) is 109 Å². The second-order valence-electron chi connectivity index (χ2n) is 10.1. The van der Waals surface area contributed by atoms with E-state index in [1.54, 1.807) is 18.2 Å². The molecule has 0 heterocycles. The zero-order valence-corrected chi connectivity index (χ0v) is 22.3. The topological polar surface area (TPSA) is 113 Å². The van der Waals surface area contributed by atoms with Crippen LogP contribution < -0.4 is 10.1 Å². The van der Waals surface area contributed by atoms with Gasteiger partial charge in [0.05, 0.1) is 18.6 Å². The summed E-state index contributed by atoms with van der Waals surface area (Å²) in [6.45, 7) is 5.07. The Morgan fingerprint density at radius 2 is 1.28 bits per heavy atom. The van der Waals surface area contributed by atoms with Crippen LogP contribution in [0.4, 0.5) is 0 Å². The number of carbonyl (C=O) groups excluding carboxylic acids is 1. The molecule has 0 bridgehead atoms. The van der Waals surface area contributed by atoms with Crippen LogP contribution in [0, 0.1) is 5.92 Å². The van der Waals surface area contributed by atoms with Crippen molar-refractivity contribution in [1.82, 2.24) is 5.32 Å². The second-order valence-corrected chi connectivity index (χ2v) is 10.1. The predicted octanol–water partition coefficient (Wildman–Crippen LogP) is 6.84. The van der Waals surface area contributed by atoms with Crippen LogP contribution in [0.5, 0.6) is 5.75 Å². The number of hydrogen-bond acceptors (Lipinski definition) is 4. The monoisotopic (exact) mass is 505 g/mol. The lowest BCUT2D eigenvalue weighted by Crippen LogP contribution is -2.42. The molecule has 1 unspecified atom stereocenters. The van der Waals surface area contributed by atoms with Gasteiger partial charge in [0, 0.05) is 0 Å². The van der Waals surface area contributed by atoms with E-state index in [4.69, 9.17) is 14.9 Å². The number of nitrogens with one attached hydrogen (secondary N) is 1. The summed E-state index contributed by atoms with van der Waals surface area (Å²) in [5.41, 5.74) is 0.199. The Kier molecular flexibility index (Phi) is 17.1. The molecule has 0 saturated heterocycles. The number of carboxylic acids is 2. The molecule has 1 rings (SSSR count). The highest BCUT2D eigenvalue weighted by Crippen LogP contribution is 2.19. The predicted molar refractivity (Wildman–Crippen MR) is 143 cm³/mol. The molecular weight excluding hydrogens is 458 g/mol. The van der Waals surface area contributed by atoms with Crippen LogP contribution in [-0.2, 0) is 9.59 Å². The molecule has 0 aliphatic rings. The number of aliphatic carboxylic acids is 2. The van der Waals surface area contributed by atoms with Gasteiger partial charge in [-0.25, -0.2) is 4.79 Å². The molecule has 0 radical (unpaired) electrons. The van der Waals surface area contributed by atoms with E-state index in [2.05, 4.69) is 19.2 Å². The molecule has 204 valence electrons. The van der Waals surface area contributed by atoms with Crippen LogP contribution >= 0.6 is 0 Å². The third-order valence-electron chi connectivity index (χ3n) is 6.30. The van der Waals surface area contributed by atoms with Crippen molar-refractivity contribution in [2.75, 3.05) is 6.61 Å². The van der Waals surface area contributed by atoms with Crippen molar-refractivity contribution in [1.29, 1.82) is 0 Å². The molecular formula is C29H47NO6. The summed E-state index contributed by atoms with van der Waals surface area (Å²) in [5.74, 6) is -2.15. The van der Waals surface area contributed by atoms with Crippen molar-refractivity contribution in [3.05, 3.63) is 29.8 Å². The van der Waals surface area contributed by atoms with Crippen molar-refractivity contribution < 1.29 is 29.3 Å². The van der Waals surface area contributed by atoms with E-state index in [9.17, 15) is 14.4 Å². The fraction of sp³-hybridized carbons (Fsp3) is 0.690. The SMILES string of the molecule is CC(C)CCCCCCCCCCCCCCCOc1ccccc1C(=O)NC(CC(=O)O)C(=O)O. The van der Waals surface area contributed by atoms with E-state index >= 15 is 0 Å². The third kappa shape index (κ3) is 15.4. The Morgan fingerprint density at radius 1 is 0.778 bits per heavy atom. The fourth-order valence-electron chi connectivity index (χ4n) is 4.17. The molecule has 0 spiro atoms. The number of amides is 1. The maximum atomic E-state index is 12.5. The number of ether oxygens (including phenoxy) is 1. The average Bonchev–Trinajstić information content (AvgIpc) is 2.83. The van der Waals surface area contributed by atoms with Crippen molar-refractivity contribution >= 4 is 17.8 Å². The molecule has 1 amide bonds. The number of carboxylic acid groups (broad SMARTS) is 2. The van der Waals surface area contributed by atoms with Gasteiger partial charge in [-0.3, -0.25) is 9.59 Å². The molecule has 0 aromatic heterocycles. The van der Waals surface area contributed by atoms with Crippen LogP contribution in [0.15, 0.2) is 24.3 Å². The Labute approximate surface area is 217 Å². The molecule has 1 aromatic rings. The zero-order valence-electron chi connectivity index (χ0n) is 22.3. The highest BCUT2D eigenvalue weighted by Gasteiger charge is 2.24. The Balaban J connectivity index is 2.13. The van der Waals surface area contributed by atoms with Gasteiger partial charge in [0.2, 0.25) is 0 Å². The summed E-state index contributed by atoms with van der Waals surface area (Å²) < 4.78 is 5.78. The van der Waals surface area contributed by atoms with Gasteiger partial charge >= 0.3 is 11.9 Å². The highest BCUT2D eigenvalue weighted by molar-refractivity contribution is 5.99. The molecule has 0 saturated carbocycles. The third-order valence-corrected chi connectivity index (χ3v) is 6.30. The van der Waals surface area contributed by atoms with Crippen molar-refractivity contribution in [2.24, 2.45) is 5.92 Å². The van der Waals surface area contributed by atoms with E-state index in [1.165, 1.54) is 76.7 Å². The van der Waals surface area contributed by atoms with Gasteiger partial charge in [-0.05, 0) is 24.5 Å². The summed E-state index contributed by atoms with van der Waals surface area (Å²) >= 11 is 0. The summed E-state index contributed by atoms with van der Waals surface area (Å²) in [5, 5.41) is 20.3. The van der Waals surface area contributed by atoms with Crippen molar-refractivity contribution in [2.45, 2.75) is 116 Å². The molecule has 36 heavy (non-hydrogen) atoms. The smallest absolute Gasteiger partial charge is 0.326 e. The first-order valence-corrected chi connectivity index (χ1v) is 13.8. The first-order chi connectivity index (χ1) is 17.3. The number of para-hydroxylation sites is 1. The fourth-order valence-corrected chi connectivity index (χ4v) is 4.17. The minimum Gasteiger partial charge on any atom is -0.493 e. The molecule has 7 nitrogen and oxygen atoms in total. The molecule has 1 aromatic carbocycles. The lowest BCUT2D eigenvalue weighted by molar-refractivity contribution is -0.145. The molecule has 1 atom stereocenters. The first kappa shape index (κ1) is 31.5. The van der Waals surface area contributed by atoms with E-state index in [-0.39, 0.29) is 5.56 Å². The Bertz CT molecular complexity index is 764. The number of unbranched alkanes of at least 4 members (excludes halogenated alkanes) is 12. The average molecular weight is 506 g/mol. The molecule has 0 fully saturated rings. The normalized spacial score (nSPS) is 11.9. The summed E-state index contributed by atoms with van der Waals surface area (Å²) in [6, 6.07) is 5.10. The van der Waals surface area contributed by atoms with Gasteiger partial charge < -0.3 is 20.3 Å². The van der Waals surface area contributed by atoms with Crippen LogP contribution in [-0.4, -0.2) is 40.7 Å². The minimum absolute atomic E-state index is 0.199. The van der Waals surface area contributed by atoms with Crippen LogP contribution in [0.25, 0.3) is 0 Å². The Hall–Kier alpha value is -2.57. The van der Waals surface area contributed by atoms with E-state index in [0.29, 0.717) is 12.4 Å². The first-order valence-electron chi connectivity index (χ1n) is 13.8. The van der Waals surface area contributed by atoms with E-state index in [1.807, 2.05) is 0 Å². The summed E-state index contributed by atoms with van der Waals surface area (Å²) in [6.07, 6.45) is 17.2. The summed E-state index contributed by atoms with van der Waals surface area (Å²) in [7, 11) is 0. The zero-order chi connectivity index (χ0) is 26.6. The van der Waals surface area contributed by atoms with Crippen LogP contribution in [0.2, 0.25) is 0 Å². The maximum Gasteiger partial charge on any atom is 0.326 e. The van der Waals surface area contributed by atoms with Crippen LogP contribution in [0.3, 0.4) is 0 Å². The Morgan fingerprint density at radius 3 is 1.78 bits per heavy atom. The number of rotatable bonds is 22. The van der Waals surface area contributed by atoms with Gasteiger partial charge in [0.15, 0.2) is 0 Å². The second kappa shape index (κ2) is 19.6. The number of hydrogen-bond donors (Lipinski definition) is 3. The molecule has 7 heteroatoms. The van der Waals surface area contributed by atoms with Crippen molar-refractivity contribution in [3.63, 3.8) is 0 Å². The van der Waals surface area contributed by atoms with E-state index in [0.717, 1.165) is 25.2 Å². The standard InChI is InChI=1S/C29H47NO6/c1-23(2)18-14-12-10-8-6-4-3-5-7-9-11-13-17-21-36-26-20-16-15-19-24(26)28(33)30-25(29(34)35)22-27(31)32/h15-16,19-20,23,25H,3-14,17-18,21-22H2,1-2H3,(H,30,33)(H,31,32)(H,34,35). The highest BCUT2D eigenvalue weighted by atomic mass is 16.5. The van der Waals surface area contributed by atoms with Gasteiger partial charge in [0.1, 0.15) is 11.8 Å². The summed E-state index contributed by atoms with van der Waals surface area (Å²) in [4.78, 5) is 34.6. The van der Waals surface area contributed by atoms with Gasteiger partial charge in [-0.15, -0.1) is 0 Å². The lowest BCUT2D eigenvalue weighted by Gasteiger charge is -2.15. The number of carbonyl (C=O) groups is 3. The minimum atomic E-state index is -1.50. The largest absolute Gasteiger partial charge is 0.493 e.